The fourth-order valence-electron chi connectivity index (χ4n) is 2.02. The molecule has 0 aliphatic carbocycles. The van der Waals surface area contributed by atoms with Gasteiger partial charge in [0, 0.05) is 17.6 Å². The first-order valence-corrected chi connectivity index (χ1v) is 7.39. The van der Waals surface area contributed by atoms with Crippen LogP contribution in [0.5, 0.6) is 0 Å². The third kappa shape index (κ3) is 5.34. The summed E-state index contributed by atoms with van der Waals surface area (Å²) in [6.45, 7) is 0. The van der Waals surface area contributed by atoms with Gasteiger partial charge < -0.3 is 15.7 Å². The van der Waals surface area contributed by atoms with E-state index in [1.165, 1.54) is 30.3 Å². The number of halogens is 3. The van der Waals surface area contributed by atoms with E-state index in [0.717, 1.165) is 24.4 Å². The Morgan fingerprint density at radius 2 is 1.74 bits per heavy atom. The SMILES string of the molecule is N#C/C(=C/Nc1cccc(C(=O)O)c1)C(=O)Nc1cccc(C(F)(F)F)c1. The minimum atomic E-state index is -4.56. The molecule has 27 heavy (non-hydrogen) atoms. The van der Waals surface area contributed by atoms with Crippen molar-refractivity contribution in [1.29, 1.82) is 5.26 Å². The Kier molecular flexibility index (Phi) is 5.82. The van der Waals surface area contributed by atoms with Crippen molar-refractivity contribution in [1.82, 2.24) is 0 Å². The number of carbonyl (C=O) groups is 2. The standard InChI is InChI=1S/C18H12F3N3O3/c19-18(20,21)13-4-2-6-15(8-13)24-16(25)12(9-22)10-23-14-5-1-3-11(7-14)17(26)27/h1-8,10,23H,(H,24,25)(H,26,27)/b12-10-. The summed E-state index contributed by atoms with van der Waals surface area (Å²) in [5.41, 5.74) is -1.15. The smallest absolute Gasteiger partial charge is 0.416 e. The molecule has 0 saturated heterocycles. The molecule has 0 unspecified atom stereocenters. The molecule has 2 rings (SSSR count). The third-order valence-corrected chi connectivity index (χ3v) is 3.31. The number of carboxylic acids is 1. The molecule has 0 fully saturated rings. The first kappa shape index (κ1) is 19.5. The van der Waals surface area contributed by atoms with Crippen LogP contribution in [-0.4, -0.2) is 17.0 Å². The van der Waals surface area contributed by atoms with Crippen LogP contribution in [0.4, 0.5) is 24.5 Å². The number of aromatic carboxylic acids is 1. The molecule has 0 atom stereocenters. The summed E-state index contributed by atoms with van der Waals surface area (Å²) in [4.78, 5) is 23.0. The molecule has 138 valence electrons. The molecule has 0 aliphatic heterocycles. The predicted octanol–water partition coefficient (Wildman–Crippen LogP) is 3.86. The molecule has 0 saturated carbocycles. The van der Waals surface area contributed by atoms with Gasteiger partial charge in [-0.1, -0.05) is 12.1 Å². The van der Waals surface area contributed by atoms with Crippen molar-refractivity contribution in [2.24, 2.45) is 0 Å². The fraction of sp³-hybridized carbons (Fsp3) is 0.0556. The van der Waals surface area contributed by atoms with Crippen molar-refractivity contribution in [3.63, 3.8) is 0 Å². The molecule has 0 aliphatic rings. The molecule has 2 aromatic rings. The largest absolute Gasteiger partial charge is 0.478 e. The van der Waals surface area contributed by atoms with Gasteiger partial charge in [0.2, 0.25) is 0 Å². The van der Waals surface area contributed by atoms with Crippen LogP contribution in [0.25, 0.3) is 0 Å². The summed E-state index contributed by atoms with van der Waals surface area (Å²) >= 11 is 0. The van der Waals surface area contributed by atoms with Gasteiger partial charge in [0.25, 0.3) is 5.91 Å². The second kappa shape index (κ2) is 8.05. The minimum absolute atomic E-state index is 0.000301. The molecular weight excluding hydrogens is 363 g/mol. The van der Waals surface area contributed by atoms with Crippen molar-refractivity contribution >= 4 is 23.3 Å². The molecule has 0 heterocycles. The highest BCUT2D eigenvalue weighted by molar-refractivity contribution is 6.06. The number of carbonyl (C=O) groups excluding carboxylic acids is 1. The van der Waals surface area contributed by atoms with Crippen LogP contribution in [0.2, 0.25) is 0 Å². The van der Waals surface area contributed by atoms with E-state index in [1.54, 1.807) is 6.07 Å². The molecule has 6 nitrogen and oxygen atoms in total. The van der Waals surface area contributed by atoms with Crippen molar-refractivity contribution in [2.45, 2.75) is 6.18 Å². The maximum Gasteiger partial charge on any atom is 0.416 e. The van der Waals surface area contributed by atoms with Crippen LogP contribution in [0.15, 0.2) is 60.3 Å². The lowest BCUT2D eigenvalue weighted by Gasteiger charge is -2.09. The molecular formula is C18H12F3N3O3. The Hall–Kier alpha value is -3.80. The van der Waals surface area contributed by atoms with Gasteiger partial charge in [-0.2, -0.15) is 18.4 Å². The first-order valence-electron chi connectivity index (χ1n) is 7.39. The van der Waals surface area contributed by atoms with Crippen LogP contribution in [0.1, 0.15) is 15.9 Å². The average Bonchev–Trinajstić information content (AvgIpc) is 2.62. The normalized spacial score (nSPS) is 11.4. The Bertz CT molecular complexity index is 947. The van der Waals surface area contributed by atoms with Gasteiger partial charge in [-0.3, -0.25) is 4.79 Å². The fourth-order valence-corrected chi connectivity index (χ4v) is 2.02. The molecule has 0 bridgehead atoms. The number of nitriles is 1. The molecule has 2 aromatic carbocycles. The lowest BCUT2D eigenvalue weighted by Crippen LogP contribution is -2.15. The highest BCUT2D eigenvalue weighted by atomic mass is 19.4. The Balaban J connectivity index is 2.14. The molecule has 0 aromatic heterocycles. The number of nitrogens with zero attached hydrogens (tertiary/aromatic N) is 1. The van der Waals surface area contributed by atoms with Gasteiger partial charge in [-0.25, -0.2) is 4.79 Å². The van der Waals surface area contributed by atoms with Crippen LogP contribution >= 0.6 is 0 Å². The highest BCUT2D eigenvalue weighted by Gasteiger charge is 2.30. The molecule has 0 radical (unpaired) electrons. The Morgan fingerprint density at radius 3 is 2.37 bits per heavy atom. The van der Waals surface area contributed by atoms with Gasteiger partial charge in [-0.15, -0.1) is 0 Å². The zero-order chi connectivity index (χ0) is 20.0. The number of hydrogen-bond acceptors (Lipinski definition) is 4. The van der Waals surface area contributed by atoms with Crippen molar-refractivity contribution in [3.8, 4) is 6.07 Å². The van der Waals surface area contributed by atoms with Crippen molar-refractivity contribution in [3.05, 3.63) is 71.4 Å². The predicted molar refractivity (Wildman–Crippen MR) is 90.8 cm³/mol. The van der Waals surface area contributed by atoms with E-state index in [2.05, 4.69) is 10.6 Å². The first-order chi connectivity index (χ1) is 12.7. The van der Waals surface area contributed by atoms with E-state index >= 15 is 0 Å². The number of rotatable bonds is 5. The zero-order valence-electron chi connectivity index (χ0n) is 13.5. The number of amides is 1. The number of alkyl halides is 3. The summed E-state index contributed by atoms with van der Waals surface area (Å²) in [5, 5.41) is 22.8. The molecule has 3 N–H and O–H groups in total. The van der Waals surface area contributed by atoms with Gasteiger partial charge >= 0.3 is 12.1 Å². The number of hydrogen-bond donors (Lipinski definition) is 3. The number of nitrogens with one attached hydrogen (secondary N) is 2. The minimum Gasteiger partial charge on any atom is -0.478 e. The lowest BCUT2D eigenvalue weighted by atomic mass is 10.2. The summed E-state index contributed by atoms with van der Waals surface area (Å²) in [6.07, 6.45) is -3.53. The van der Waals surface area contributed by atoms with Gasteiger partial charge in [0.05, 0.1) is 11.1 Å². The zero-order valence-corrected chi connectivity index (χ0v) is 13.5. The Labute approximate surface area is 151 Å². The maximum absolute atomic E-state index is 12.7. The molecule has 9 heteroatoms. The number of benzene rings is 2. The maximum atomic E-state index is 12.7. The summed E-state index contributed by atoms with van der Waals surface area (Å²) < 4.78 is 38.1. The van der Waals surface area contributed by atoms with Gasteiger partial charge in [-0.05, 0) is 36.4 Å². The topological polar surface area (TPSA) is 102 Å². The molecule has 1 amide bonds. The van der Waals surface area contributed by atoms with E-state index in [1.807, 2.05) is 0 Å². The van der Waals surface area contributed by atoms with Crippen LogP contribution in [0.3, 0.4) is 0 Å². The van der Waals surface area contributed by atoms with E-state index in [4.69, 9.17) is 10.4 Å². The van der Waals surface area contributed by atoms with Crippen LogP contribution < -0.4 is 10.6 Å². The second-order valence-corrected chi connectivity index (χ2v) is 5.23. The average molecular weight is 375 g/mol. The second-order valence-electron chi connectivity index (χ2n) is 5.23. The quantitative estimate of drug-likeness (QED) is 0.544. The summed E-state index contributed by atoms with van der Waals surface area (Å²) in [5.74, 6) is -2.07. The van der Waals surface area contributed by atoms with E-state index in [-0.39, 0.29) is 11.3 Å². The summed E-state index contributed by atoms with van der Waals surface area (Å²) in [7, 11) is 0. The highest BCUT2D eigenvalue weighted by Crippen LogP contribution is 2.30. The number of carboxylic acid groups (broad SMARTS) is 1. The van der Waals surface area contributed by atoms with Crippen LogP contribution in [-0.2, 0) is 11.0 Å². The lowest BCUT2D eigenvalue weighted by molar-refractivity contribution is -0.137. The monoisotopic (exact) mass is 375 g/mol. The van der Waals surface area contributed by atoms with Gasteiger partial charge in [0.15, 0.2) is 0 Å². The van der Waals surface area contributed by atoms with Crippen molar-refractivity contribution < 1.29 is 27.9 Å². The van der Waals surface area contributed by atoms with E-state index in [9.17, 15) is 22.8 Å². The number of anilines is 2. The Morgan fingerprint density at radius 1 is 1.07 bits per heavy atom. The third-order valence-electron chi connectivity index (χ3n) is 3.31. The summed E-state index contributed by atoms with van der Waals surface area (Å²) in [6, 6.07) is 11.2. The van der Waals surface area contributed by atoms with E-state index in [0.29, 0.717) is 5.69 Å². The van der Waals surface area contributed by atoms with Crippen LogP contribution in [0, 0.1) is 11.3 Å². The van der Waals surface area contributed by atoms with Crippen molar-refractivity contribution in [2.75, 3.05) is 10.6 Å². The molecule has 0 spiro atoms. The van der Waals surface area contributed by atoms with Gasteiger partial charge in [0.1, 0.15) is 11.6 Å². The van der Waals surface area contributed by atoms with E-state index < -0.39 is 29.2 Å².